The summed E-state index contributed by atoms with van der Waals surface area (Å²) in [5, 5.41) is 0. The Morgan fingerprint density at radius 1 is 1.33 bits per heavy atom. The molecule has 0 nitrogen and oxygen atoms in total. The molecule has 0 heterocycles. The summed E-state index contributed by atoms with van der Waals surface area (Å²) in [6.07, 6.45) is 10.2. The van der Waals surface area contributed by atoms with Gasteiger partial charge in [-0.2, -0.15) is 0 Å². The largest absolute Gasteiger partial charge is 0.246 e. The molecule has 1 aliphatic rings. The van der Waals surface area contributed by atoms with Crippen molar-refractivity contribution < 1.29 is 4.39 Å². The average molecular weight is 124 g/mol. The summed E-state index contributed by atoms with van der Waals surface area (Å²) in [6, 6.07) is 0. The standard InChI is InChI=1S/C8H9F/c9-7-8-5-3-1-2-4-6-8/h1-5H,6-7H2. The maximum absolute atomic E-state index is 11.9. The van der Waals surface area contributed by atoms with E-state index in [0.29, 0.717) is 0 Å². The molecule has 1 aliphatic carbocycles. The molecule has 1 heteroatoms. The highest BCUT2D eigenvalue weighted by molar-refractivity contribution is 5.23. The third-order valence-corrected chi connectivity index (χ3v) is 1.24. The van der Waals surface area contributed by atoms with Gasteiger partial charge in [0.2, 0.25) is 0 Å². The van der Waals surface area contributed by atoms with E-state index in [2.05, 4.69) is 0 Å². The van der Waals surface area contributed by atoms with E-state index in [1.54, 1.807) is 0 Å². The molecule has 0 bridgehead atoms. The molecular weight excluding hydrogens is 115 g/mol. The van der Waals surface area contributed by atoms with Gasteiger partial charge >= 0.3 is 0 Å². The smallest absolute Gasteiger partial charge is 0.111 e. The van der Waals surface area contributed by atoms with Crippen LogP contribution in [-0.4, -0.2) is 6.67 Å². The van der Waals surface area contributed by atoms with Gasteiger partial charge in [-0.25, -0.2) is 4.39 Å². The lowest BCUT2D eigenvalue weighted by atomic mass is 10.2. The van der Waals surface area contributed by atoms with E-state index in [1.165, 1.54) is 0 Å². The van der Waals surface area contributed by atoms with Crippen LogP contribution in [0.15, 0.2) is 36.0 Å². The predicted molar refractivity (Wildman–Crippen MR) is 37.0 cm³/mol. The van der Waals surface area contributed by atoms with Crippen LogP contribution in [0.2, 0.25) is 0 Å². The number of alkyl halides is 1. The number of hydrogen-bond acceptors (Lipinski definition) is 0. The van der Waals surface area contributed by atoms with Crippen LogP contribution < -0.4 is 0 Å². The molecule has 0 unspecified atom stereocenters. The molecular formula is C8H9F. The Bertz CT molecular complexity index is 163. The van der Waals surface area contributed by atoms with Gasteiger partial charge in [0.25, 0.3) is 0 Å². The van der Waals surface area contributed by atoms with Crippen molar-refractivity contribution in [2.45, 2.75) is 6.42 Å². The Balaban J connectivity index is 2.62. The fourth-order valence-electron chi connectivity index (χ4n) is 0.721. The van der Waals surface area contributed by atoms with E-state index in [0.717, 1.165) is 12.0 Å². The topological polar surface area (TPSA) is 0 Å². The molecule has 0 amide bonds. The van der Waals surface area contributed by atoms with Crippen molar-refractivity contribution >= 4 is 0 Å². The van der Waals surface area contributed by atoms with Crippen molar-refractivity contribution in [3.8, 4) is 0 Å². The highest BCUT2D eigenvalue weighted by Crippen LogP contribution is 2.06. The fourth-order valence-corrected chi connectivity index (χ4v) is 0.721. The maximum atomic E-state index is 11.9. The Kier molecular flexibility index (Phi) is 2.25. The molecule has 1 rings (SSSR count). The second kappa shape index (κ2) is 3.23. The Labute approximate surface area is 54.4 Å². The molecule has 0 aromatic carbocycles. The Morgan fingerprint density at radius 2 is 2.22 bits per heavy atom. The minimum absolute atomic E-state index is 0.325. The molecule has 0 radical (unpaired) electrons. The first-order valence-corrected chi connectivity index (χ1v) is 3.00. The van der Waals surface area contributed by atoms with Gasteiger partial charge in [0.05, 0.1) is 0 Å². The lowest BCUT2D eigenvalue weighted by molar-refractivity contribution is 0.538. The number of allylic oxidation sites excluding steroid dienone is 6. The van der Waals surface area contributed by atoms with Crippen molar-refractivity contribution in [3.63, 3.8) is 0 Å². The number of rotatable bonds is 1. The quantitative estimate of drug-likeness (QED) is 0.503. The van der Waals surface area contributed by atoms with Crippen LogP contribution in [0.5, 0.6) is 0 Å². The molecule has 48 valence electrons. The van der Waals surface area contributed by atoms with Gasteiger partial charge < -0.3 is 0 Å². The van der Waals surface area contributed by atoms with Crippen LogP contribution in [0, 0.1) is 0 Å². The van der Waals surface area contributed by atoms with Crippen LogP contribution in [0.25, 0.3) is 0 Å². The molecule has 0 saturated carbocycles. The van der Waals surface area contributed by atoms with Crippen molar-refractivity contribution in [2.75, 3.05) is 6.67 Å². The van der Waals surface area contributed by atoms with Gasteiger partial charge in [-0.3, -0.25) is 0 Å². The molecule has 0 N–H and O–H groups in total. The SMILES string of the molecule is FCC1=CC=CC=CC1. The Hall–Kier alpha value is -0.850. The van der Waals surface area contributed by atoms with Crippen LogP contribution in [0.1, 0.15) is 6.42 Å². The second-order valence-electron chi connectivity index (χ2n) is 1.98. The molecule has 0 aliphatic heterocycles. The lowest BCUT2D eigenvalue weighted by Gasteiger charge is -1.91. The van der Waals surface area contributed by atoms with Crippen molar-refractivity contribution in [2.24, 2.45) is 0 Å². The van der Waals surface area contributed by atoms with Gasteiger partial charge in [-0.15, -0.1) is 0 Å². The van der Waals surface area contributed by atoms with E-state index < -0.39 is 0 Å². The van der Waals surface area contributed by atoms with E-state index in [9.17, 15) is 4.39 Å². The first-order valence-electron chi connectivity index (χ1n) is 3.00. The summed E-state index contributed by atoms with van der Waals surface area (Å²) >= 11 is 0. The monoisotopic (exact) mass is 124 g/mol. The summed E-state index contributed by atoms with van der Waals surface area (Å²) in [5.41, 5.74) is 0.847. The third-order valence-electron chi connectivity index (χ3n) is 1.24. The summed E-state index contributed by atoms with van der Waals surface area (Å²) in [4.78, 5) is 0. The van der Waals surface area contributed by atoms with Gasteiger partial charge in [-0.05, 0) is 12.0 Å². The first-order chi connectivity index (χ1) is 4.43. The highest BCUT2D eigenvalue weighted by atomic mass is 19.1. The van der Waals surface area contributed by atoms with Crippen LogP contribution in [-0.2, 0) is 0 Å². The van der Waals surface area contributed by atoms with Gasteiger partial charge in [0.1, 0.15) is 6.67 Å². The summed E-state index contributed by atoms with van der Waals surface area (Å²) in [7, 11) is 0. The zero-order valence-electron chi connectivity index (χ0n) is 5.18. The van der Waals surface area contributed by atoms with Crippen LogP contribution in [0.3, 0.4) is 0 Å². The van der Waals surface area contributed by atoms with Gasteiger partial charge in [0.15, 0.2) is 0 Å². The second-order valence-corrected chi connectivity index (χ2v) is 1.98. The van der Waals surface area contributed by atoms with E-state index in [1.807, 2.05) is 30.4 Å². The maximum Gasteiger partial charge on any atom is 0.111 e. The van der Waals surface area contributed by atoms with Gasteiger partial charge in [0, 0.05) is 0 Å². The van der Waals surface area contributed by atoms with Crippen LogP contribution >= 0.6 is 0 Å². The van der Waals surface area contributed by atoms with E-state index in [4.69, 9.17) is 0 Å². The lowest BCUT2D eigenvalue weighted by Crippen LogP contribution is -1.80. The molecule has 9 heavy (non-hydrogen) atoms. The summed E-state index contributed by atoms with van der Waals surface area (Å²) in [5.74, 6) is 0. The third kappa shape index (κ3) is 1.84. The molecule has 0 aromatic rings. The molecule has 0 saturated heterocycles. The average Bonchev–Trinajstić information content (AvgIpc) is 2.13. The van der Waals surface area contributed by atoms with Crippen LogP contribution in [0.4, 0.5) is 4.39 Å². The van der Waals surface area contributed by atoms with E-state index >= 15 is 0 Å². The minimum Gasteiger partial charge on any atom is -0.246 e. The highest BCUT2D eigenvalue weighted by Gasteiger charge is 1.91. The minimum atomic E-state index is -0.325. The summed E-state index contributed by atoms with van der Waals surface area (Å²) < 4.78 is 11.9. The number of hydrogen-bond donors (Lipinski definition) is 0. The fraction of sp³-hybridized carbons (Fsp3) is 0.250. The number of halogens is 1. The Morgan fingerprint density at radius 3 is 3.00 bits per heavy atom. The zero-order valence-corrected chi connectivity index (χ0v) is 5.18. The van der Waals surface area contributed by atoms with Crippen molar-refractivity contribution in [1.29, 1.82) is 0 Å². The van der Waals surface area contributed by atoms with Crippen molar-refractivity contribution in [1.82, 2.24) is 0 Å². The van der Waals surface area contributed by atoms with Crippen molar-refractivity contribution in [3.05, 3.63) is 36.0 Å². The normalized spacial score (nSPS) is 17.2. The van der Waals surface area contributed by atoms with Gasteiger partial charge in [-0.1, -0.05) is 30.4 Å². The zero-order chi connectivity index (χ0) is 6.53. The molecule has 0 fully saturated rings. The molecule has 0 spiro atoms. The molecule has 0 atom stereocenters. The summed E-state index contributed by atoms with van der Waals surface area (Å²) in [6.45, 7) is -0.325. The first kappa shape index (κ1) is 6.27. The predicted octanol–water partition coefficient (Wildman–Crippen LogP) is 2.40. The van der Waals surface area contributed by atoms with E-state index in [-0.39, 0.29) is 6.67 Å². The molecule has 0 aromatic heterocycles.